The van der Waals surface area contributed by atoms with Gasteiger partial charge in [-0.15, -0.1) is 0 Å². The van der Waals surface area contributed by atoms with Gasteiger partial charge in [0.1, 0.15) is 0 Å². The Hall–Kier alpha value is -1.13. The van der Waals surface area contributed by atoms with Crippen LogP contribution in [0.15, 0.2) is 22.7 Å². The molecule has 0 radical (unpaired) electrons. The fourth-order valence-electron chi connectivity index (χ4n) is 2.47. The second-order valence-electron chi connectivity index (χ2n) is 4.74. The van der Waals surface area contributed by atoms with Crippen LogP contribution in [-0.4, -0.2) is 16.3 Å². The molecule has 1 heterocycles. The third kappa shape index (κ3) is 2.74. The van der Waals surface area contributed by atoms with Gasteiger partial charge >= 0.3 is 0 Å². The highest BCUT2D eigenvalue weighted by Crippen LogP contribution is 2.26. The van der Waals surface area contributed by atoms with E-state index in [1.165, 1.54) is 16.8 Å². The minimum absolute atomic E-state index is 0.672. The van der Waals surface area contributed by atoms with E-state index < -0.39 is 0 Å². The molecule has 1 aromatic carbocycles. The molecule has 0 saturated heterocycles. The van der Waals surface area contributed by atoms with Crippen molar-refractivity contribution in [2.45, 2.75) is 33.6 Å². The summed E-state index contributed by atoms with van der Waals surface area (Å²) in [4.78, 5) is 0. The predicted molar refractivity (Wildman–Crippen MR) is 82.9 cm³/mol. The number of nitrogens with zero attached hydrogens (tertiary/aromatic N) is 2. The van der Waals surface area contributed by atoms with E-state index in [-0.39, 0.29) is 0 Å². The first-order chi connectivity index (χ1) is 9.08. The lowest BCUT2D eigenvalue weighted by atomic mass is 10.1. The highest BCUT2D eigenvalue weighted by Gasteiger charge is 2.13. The zero-order valence-electron chi connectivity index (χ0n) is 11.7. The Labute approximate surface area is 122 Å². The van der Waals surface area contributed by atoms with Crippen LogP contribution >= 0.6 is 15.9 Å². The van der Waals surface area contributed by atoms with Crippen LogP contribution in [0.25, 0.3) is 5.69 Å². The molecule has 0 aliphatic heterocycles. The molecule has 1 aromatic heterocycles. The van der Waals surface area contributed by atoms with Crippen molar-refractivity contribution in [3.63, 3.8) is 0 Å². The molecular weight excluding hydrogens is 302 g/mol. The Kier molecular flexibility index (Phi) is 4.42. The van der Waals surface area contributed by atoms with Gasteiger partial charge in [0.05, 0.1) is 11.4 Å². The Morgan fingerprint density at radius 2 is 2.05 bits per heavy atom. The van der Waals surface area contributed by atoms with Gasteiger partial charge < -0.3 is 5.73 Å². The van der Waals surface area contributed by atoms with Crippen molar-refractivity contribution < 1.29 is 0 Å². The van der Waals surface area contributed by atoms with E-state index in [1.807, 2.05) is 4.68 Å². The molecule has 0 aliphatic carbocycles. The van der Waals surface area contributed by atoms with E-state index in [2.05, 4.69) is 60.0 Å². The maximum atomic E-state index is 5.59. The molecule has 0 fully saturated rings. The normalized spacial score (nSPS) is 11.0. The molecule has 0 bridgehead atoms. The first-order valence-electron chi connectivity index (χ1n) is 6.62. The molecule has 2 rings (SSSR count). The van der Waals surface area contributed by atoms with Crippen LogP contribution in [0.3, 0.4) is 0 Å². The zero-order valence-corrected chi connectivity index (χ0v) is 13.3. The summed E-state index contributed by atoms with van der Waals surface area (Å²) in [5.41, 5.74) is 11.6. The fraction of sp³-hybridized carbons (Fsp3) is 0.400. The van der Waals surface area contributed by atoms with Crippen molar-refractivity contribution in [2.24, 2.45) is 5.73 Å². The molecule has 0 amide bonds. The number of hydrogen-bond donors (Lipinski definition) is 1. The molecule has 2 aromatic rings. The summed E-state index contributed by atoms with van der Waals surface area (Å²) in [6.45, 7) is 7.03. The fourth-order valence-corrected chi connectivity index (χ4v) is 3.06. The van der Waals surface area contributed by atoms with Crippen molar-refractivity contribution in [3.05, 3.63) is 45.2 Å². The lowest BCUT2D eigenvalue weighted by Crippen LogP contribution is -2.04. The molecule has 102 valence electrons. The molecular formula is C15H20BrN3. The maximum Gasteiger partial charge on any atom is 0.0791 e. The lowest BCUT2D eigenvalue weighted by molar-refractivity contribution is 0.827. The van der Waals surface area contributed by atoms with E-state index in [0.717, 1.165) is 28.7 Å². The van der Waals surface area contributed by atoms with Crippen LogP contribution in [0.4, 0.5) is 0 Å². The third-order valence-electron chi connectivity index (χ3n) is 3.47. The molecule has 0 aliphatic rings. The van der Waals surface area contributed by atoms with E-state index in [0.29, 0.717) is 6.54 Å². The molecule has 0 saturated carbocycles. The number of benzene rings is 1. The van der Waals surface area contributed by atoms with Gasteiger partial charge in [0, 0.05) is 10.2 Å². The summed E-state index contributed by atoms with van der Waals surface area (Å²) in [6.07, 6.45) is 1.91. The average Bonchev–Trinajstić information content (AvgIpc) is 2.65. The highest BCUT2D eigenvalue weighted by molar-refractivity contribution is 9.10. The minimum atomic E-state index is 0.672. The van der Waals surface area contributed by atoms with Gasteiger partial charge in [-0.3, -0.25) is 0 Å². The van der Waals surface area contributed by atoms with E-state index >= 15 is 0 Å². The number of aryl methyl sites for hydroxylation is 1. The number of nitrogens with two attached hydrogens (primary N) is 1. The second kappa shape index (κ2) is 5.88. The summed E-state index contributed by atoms with van der Waals surface area (Å²) < 4.78 is 3.08. The first-order valence-corrected chi connectivity index (χ1v) is 7.41. The molecule has 0 spiro atoms. The summed E-state index contributed by atoms with van der Waals surface area (Å²) in [6, 6.07) is 6.35. The standard InChI is InChI=1S/C15H20BrN3/c1-4-13-10(2)18-19(11(13)3)15-6-5-12(7-8-17)9-14(15)16/h5-6,9H,4,7-8,17H2,1-3H3. The summed E-state index contributed by atoms with van der Waals surface area (Å²) in [5.74, 6) is 0. The maximum absolute atomic E-state index is 5.59. The van der Waals surface area contributed by atoms with Gasteiger partial charge in [0.15, 0.2) is 0 Å². The molecule has 0 unspecified atom stereocenters. The van der Waals surface area contributed by atoms with Gasteiger partial charge in [-0.1, -0.05) is 13.0 Å². The molecule has 19 heavy (non-hydrogen) atoms. The number of rotatable bonds is 4. The Morgan fingerprint density at radius 1 is 1.32 bits per heavy atom. The van der Waals surface area contributed by atoms with Gasteiger partial charge in [-0.05, 0) is 72.4 Å². The first kappa shape index (κ1) is 14.3. The lowest BCUT2D eigenvalue weighted by Gasteiger charge is -2.09. The van der Waals surface area contributed by atoms with Crippen LogP contribution in [0.1, 0.15) is 29.4 Å². The van der Waals surface area contributed by atoms with Crippen molar-refractivity contribution in [3.8, 4) is 5.69 Å². The minimum Gasteiger partial charge on any atom is -0.330 e. The van der Waals surface area contributed by atoms with Crippen LogP contribution in [0.2, 0.25) is 0 Å². The SMILES string of the molecule is CCc1c(C)nn(-c2ccc(CCN)cc2Br)c1C. The van der Waals surface area contributed by atoms with Gasteiger partial charge in [0.25, 0.3) is 0 Å². The number of halogens is 1. The van der Waals surface area contributed by atoms with Gasteiger partial charge in [-0.2, -0.15) is 5.10 Å². The summed E-state index contributed by atoms with van der Waals surface area (Å²) in [7, 11) is 0. The zero-order chi connectivity index (χ0) is 14.0. The Morgan fingerprint density at radius 3 is 2.58 bits per heavy atom. The van der Waals surface area contributed by atoms with Gasteiger partial charge in [-0.25, -0.2) is 4.68 Å². The Bertz CT molecular complexity index is 587. The van der Waals surface area contributed by atoms with E-state index in [4.69, 9.17) is 5.73 Å². The van der Waals surface area contributed by atoms with E-state index in [1.54, 1.807) is 0 Å². The van der Waals surface area contributed by atoms with Crippen LogP contribution in [0.5, 0.6) is 0 Å². The van der Waals surface area contributed by atoms with Crippen molar-refractivity contribution >= 4 is 15.9 Å². The summed E-state index contributed by atoms with van der Waals surface area (Å²) >= 11 is 3.64. The monoisotopic (exact) mass is 321 g/mol. The highest BCUT2D eigenvalue weighted by atomic mass is 79.9. The number of aromatic nitrogens is 2. The topological polar surface area (TPSA) is 43.8 Å². The quantitative estimate of drug-likeness (QED) is 0.938. The van der Waals surface area contributed by atoms with Crippen LogP contribution < -0.4 is 5.73 Å². The number of hydrogen-bond acceptors (Lipinski definition) is 2. The molecule has 2 N–H and O–H groups in total. The summed E-state index contributed by atoms with van der Waals surface area (Å²) in [5, 5.41) is 4.65. The van der Waals surface area contributed by atoms with Crippen LogP contribution in [0, 0.1) is 13.8 Å². The average molecular weight is 322 g/mol. The predicted octanol–water partition coefficient (Wildman–Crippen LogP) is 3.32. The second-order valence-corrected chi connectivity index (χ2v) is 5.59. The third-order valence-corrected chi connectivity index (χ3v) is 4.10. The van der Waals surface area contributed by atoms with Gasteiger partial charge in [0.2, 0.25) is 0 Å². The molecule has 4 heteroatoms. The Balaban J connectivity index is 2.47. The van der Waals surface area contributed by atoms with Crippen LogP contribution in [-0.2, 0) is 12.8 Å². The van der Waals surface area contributed by atoms with Crippen molar-refractivity contribution in [1.29, 1.82) is 0 Å². The largest absolute Gasteiger partial charge is 0.330 e. The van der Waals surface area contributed by atoms with Crippen molar-refractivity contribution in [2.75, 3.05) is 6.54 Å². The molecule has 3 nitrogen and oxygen atoms in total. The van der Waals surface area contributed by atoms with Crippen molar-refractivity contribution in [1.82, 2.24) is 9.78 Å². The smallest absolute Gasteiger partial charge is 0.0791 e. The van der Waals surface area contributed by atoms with E-state index in [9.17, 15) is 0 Å². The molecule has 0 atom stereocenters.